The van der Waals surface area contributed by atoms with Crippen molar-refractivity contribution >= 4 is 35.2 Å². The predicted octanol–water partition coefficient (Wildman–Crippen LogP) is 9.63. The van der Waals surface area contributed by atoms with Gasteiger partial charge in [0.2, 0.25) is 5.91 Å². The van der Waals surface area contributed by atoms with E-state index < -0.39 is 11.6 Å². The molecule has 0 aliphatic carbocycles. The summed E-state index contributed by atoms with van der Waals surface area (Å²) < 4.78 is 13.2. The molecule has 58 heavy (non-hydrogen) atoms. The second-order valence-electron chi connectivity index (χ2n) is 18.9. The van der Waals surface area contributed by atoms with Crippen LogP contribution in [0, 0.1) is 30.1 Å². The first-order valence-electron chi connectivity index (χ1n) is 20.9. The van der Waals surface area contributed by atoms with Crippen LogP contribution in [0.2, 0.25) is 0 Å². The van der Waals surface area contributed by atoms with E-state index in [9.17, 15) is 24.3 Å². The molecule has 9 nitrogen and oxygen atoms in total. The van der Waals surface area contributed by atoms with E-state index in [0.29, 0.717) is 69.2 Å². The van der Waals surface area contributed by atoms with Gasteiger partial charge in [0, 0.05) is 75.5 Å². The lowest BCUT2D eigenvalue weighted by Gasteiger charge is -2.36. The van der Waals surface area contributed by atoms with E-state index in [0.717, 1.165) is 41.0 Å². The van der Waals surface area contributed by atoms with Crippen LogP contribution in [0.3, 0.4) is 0 Å². The molecule has 4 aliphatic rings. The number of amides is 1. The summed E-state index contributed by atoms with van der Waals surface area (Å²) in [6, 6.07) is 16.0. The first kappa shape index (κ1) is 44.9. The van der Waals surface area contributed by atoms with Crippen LogP contribution in [0.4, 0.5) is 0 Å². The molecule has 0 aromatic heterocycles. The third-order valence-electron chi connectivity index (χ3n) is 11.6. The molecule has 1 unspecified atom stereocenters. The minimum absolute atomic E-state index is 0.0279. The van der Waals surface area contributed by atoms with Gasteiger partial charge in [0.1, 0.15) is 23.0 Å². The monoisotopic (exact) mass is 813 g/mol. The summed E-state index contributed by atoms with van der Waals surface area (Å²) in [7, 11) is 6.72. The van der Waals surface area contributed by atoms with E-state index in [1.165, 1.54) is 19.0 Å². The number of hydrogen-bond donors (Lipinski definition) is 2. The van der Waals surface area contributed by atoms with Gasteiger partial charge in [-0.1, -0.05) is 79.2 Å². The summed E-state index contributed by atoms with van der Waals surface area (Å²) in [4.78, 5) is 48.6. The Morgan fingerprint density at radius 3 is 2.17 bits per heavy atom. The van der Waals surface area contributed by atoms with Gasteiger partial charge in [0.05, 0.1) is 33.3 Å². The van der Waals surface area contributed by atoms with Crippen LogP contribution < -0.4 is 10.1 Å². The molecule has 4 heterocycles. The lowest BCUT2D eigenvalue weighted by atomic mass is 9.77. The Balaban J connectivity index is 0.000000195. The van der Waals surface area contributed by atoms with E-state index in [4.69, 9.17) is 9.47 Å². The minimum atomic E-state index is -1.20. The van der Waals surface area contributed by atoms with Crippen LogP contribution in [0.1, 0.15) is 130 Å². The normalized spacial score (nSPS) is 22.5. The molecule has 0 radical (unpaired) electrons. The number of benzene rings is 3. The Morgan fingerprint density at radius 2 is 1.55 bits per heavy atom. The number of ketones is 2. The van der Waals surface area contributed by atoms with Gasteiger partial charge in [-0.15, -0.1) is 0 Å². The number of ether oxygens (including phenoxy) is 2. The second kappa shape index (κ2) is 18.0. The number of phenols is 1. The molecule has 1 spiro atoms. The third-order valence-corrected chi connectivity index (χ3v) is 13.3. The van der Waals surface area contributed by atoms with Crippen molar-refractivity contribution < 1.29 is 38.2 Å². The van der Waals surface area contributed by atoms with Gasteiger partial charge in [0.15, 0.2) is 11.4 Å². The van der Waals surface area contributed by atoms with Crippen LogP contribution in [0.5, 0.6) is 17.2 Å². The smallest absolute Gasteiger partial charge is 0.340 e. The number of rotatable bonds is 11. The summed E-state index contributed by atoms with van der Waals surface area (Å²) in [5.41, 5.74) is 2.82. The molecule has 2 N–H and O–H groups in total. The molecular formula is C48H65N2O7S+. The van der Waals surface area contributed by atoms with Crippen LogP contribution in [-0.2, 0) is 19.9 Å². The number of nitrogens with one attached hydrogen (secondary N) is 1. The maximum atomic E-state index is 13.0. The lowest BCUT2D eigenvalue weighted by molar-refractivity contribution is -0.870. The lowest BCUT2D eigenvalue weighted by Crippen LogP contribution is -2.39. The molecular weight excluding hydrogens is 749 g/mol. The maximum Gasteiger partial charge on any atom is 0.340 e. The fourth-order valence-electron chi connectivity index (χ4n) is 8.09. The zero-order chi connectivity index (χ0) is 42.7. The highest BCUT2D eigenvalue weighted by Crippen LogP contribution is 2.57. The number of carbonyl (C=O) groups is 4. The first-order chi connectivity index (χ1) is 27.1. The number of carbonyl (C=O) groups excluding carboxylic acids is 4. The number of phenolic OH excluding ortho intramolecular Hbond substituents is 1. The van der Waals surface area contributed by atoms with Gasteiger partial charge >= 0.3 is 5.97 Å². The number of nitrogens with zero attached hydrogens (tertiary/aromatic N) is 1. The van der Waals surface area contributed by atoms with Gasteiger partial charge in [-0.3, -0.25) is 14.4 Å². The van der Waals surface area contributed by atoms with Gasteiger partial charge in [-0.2, -0.15) is 11.8 Å². The Hall–Kier alpha value is -4.15. The van der Waals surface area contributed by atoms with Crippen molar-refractivity contribution in [2.24, 2.45) is 23.2 Å². The van der Waals surface area contributed by atoms with Crippen LogP contribution in [-0.4, -0.2) is 77.8 Å². The molecule has 1 amide bonds. The van der Waals surface area contributed by atoms with E-state index in [-0.39, 0.29) is 34.7 Å². The average Bonchev–Trinajstić information content (AvgIpc) is 3.72. The van der Waals surface area contributed by atoms with E-state index >= 15 is 0 Å². The summed E-state index contributed by atoms with van der Waals surface area (Å²) in [6.45, 7) is 17.6. The largest absolute Gasteiger partial charge is 0.508 e. The number of thioether (sulfide) groups is 1. The van der Waals surface area contributed by atoms with Crippen LogP contribution in [0.25, 0.3) is 0 Å². The summed E-state index contributed by atoms with van der Waals surface area (Å²) in [5, 5.41) is 13.7. The molecule has 3 aromatic carbocycles. The van der Waals surface area contributed by atoms with Crippen molar-refractivity contribution in [2.75, 3.05) is 33.4 Å². The van der Waals surface area contributed by atoms with Crippen LogP contribution >= 0.6 is 11.8 Å². The number of Topliss-reactive ketones (excluding diaryl/α,β-unsaturated/α-hetero) is 2. The highest BCUT2D eigenvalue weighted by atomic mass is 32.2. The Labute approximate surface area is 350 Å². The van der Waals surface area contributed by atoms with E-state index in [2.05, 4.69) is 47.2 Å². The molecule has 2 saturated heterocycles. The number of aryl methyl sites for hydroxylation is 1. The molecule has 2 fully saturated rings. The number of esters is 1. The van der Waals surface area contributed by atoms with Gasteiger partial charge < -0.3 is 24.4 Å². The second-order valence-corrected chi connectivity index (χ2v) is 20.1. The molecule has 4 atom stereocenters. The van der Waals surface area contributed by atoms with Crippen molar-refractivity contribution in [3.8, 4) is 17.2 Å². The third kappa shape index (κ3) is 9.99. The predicted molar refractivity (Wildman–Crippen MR) is 232 cm³/mol. The number of aromatic hydroxyl groups is 1. The van der Waals surface area contributed by atoms with E-state index in [1.807, 2.05) is 64.6 Å². The highest BCUT2D eigenvalue weighted by Gasteiger charge is 2.54. The molecule has 0 bridgehead atoms. The quantitative estimate of drug-likeness (QED) is 0.0851. The van der Waals surface area contributed by atoms with Crippen molar-refractivity contribution in [1.29, 1.82) is 0 Å². The molecule has 0 saturated carbocycles. The molecule has 4 aliphatic heterocycles. The zero-order valence-corrected chi connectivity index (χ0v) is 37.3. The van der Waals surface area contributed by atoms with Crippen molar-refractivity contribution in [1.82, 2.24) is 5.32 Å². The van der Waals surface area contributed by atoms with E-state index in [1.54, 1.807) is 30.3 Å². The Bertz CT molecular complexity index is 1960. The van der Waals surface area contributed by atoms with Gasteiger partial charge in [-0.25, -0.2) is 4.79 Å². The number of unbranched alkanes of at least 4 members (excludes halogenated alkanes) is 1. The summed E-state index contributed by atoms with van der Waals surface area (Å²) >= 11 is 2.00. The summed E-state index contributed by atoms with van der Waals surface area (Å²) in [5.74, 6) is 3.05. The average molecular weight is 814 g/mol. The zero-order valence-electron chi connectivity index (χ0n) is 36.5. The van der Waals surface area contributed by atoms with Crippen LogP contribution in [0.15, 0.2) is 54.6 Å². The fraction of sp³-hybridized carbons (Fsp3) is 0.542. The standard InChI is InChI=1S/C25H20O5.C15H25NO2S.C8H20N/c1-13(2)23(27)15-5-8-18-17(11-15)24(28)30-25(18)19-7-4-14(3)10-21(19)29-22-12-16(26)6-9-20(22)25;1-10(2)11(17)6-4-5-7-12-14-15(3,9-19-12)8-13(18)16-14;1-8(2)6-7-9(3,4)5/h4-13,26H,1-3H3;10,12,14H,4-9H2,1-3H3,(H,16,18);8H,6-7H2,1-5H3/q;;+1/t;12-,14+,15-;/m.0./s1. The number of fused-ring (bicyclic) bond motifs is 7. The van der Waals surface area contributed by atoms with Crippen molar-refractivity contribution in [3.05, 3.63) is 88.0 Å². The number of quaternary nitrogens is 1. The summed E-state index contributed by atoms with van der Waals surface area (Å²) in [6.07, 6.45) is 5.94. The molecule has 314 valence electrons. The van der Waals surface area contributed by atoms with Crippen molar-refractivity contribution in [3.63, 3.8) is 0 Å². The Morgan fingerprint density at radius 1 is 0.897 bits per heavy atom. The Kier molecular flexibility index (Phi) is 13.9. The minimum Gasteiger partial charge on any atom is -0.508 e. The van der Waals surface area contributed by atoms with Gasteiger partial charge in [-0.05, 0) is 61.9 Å². The molecule has 7 rings (SSSR count). The SMILES string of the molecule is CC(C)C(=O)CCCC[C@@H]1SC[C@]2(C)CC(=O)N[C@H]12.CC(C)CC[N+](C)(C)C.Cc1ccc2c(c1)Oc1cc(O)ccc1C21OC(=O)c2cc(C(=O)C(C)C)ccc21. The molecule has 3 aromatic rings. The topological polar surface area (TPSA) is 119 Å². The first-order valence-corrected chi connectivity index (χ1v) is 22.0. The fourth-order valence-corrected chi connectivity index (χ4v) is 9.89. The number of hydrogen-bond acceptors (Lipinski definition) is 8. The van der Waals surface area contributed by atoms with Gasteiger partial charge in [0.25, 0.3) is 0 Å². The maximum absolute atomic E-state index is 13.0. The van der Waals surface area contributed by atoms with Crippen molar-refractivity contribution in [2.45, 2.75) is 111 Å². The molecule has 10 heteroatoms. The highest BCUT2D eigenvalue weighted by molar-refractivity contribution is 8.00.